The Hall–Kier alpha value is -2.70. The second-order valence-corrected chi connectivity index (χ2v) is 14.4. The first-order valence-corrected chi connectivity index (χ1v) is 18.3. The molecule has 0 bridgehead atoms. The number of fused-ring (bicyclic) bond motifs is 1. The SMILES string of the molecule is C[C@@H]1C/C=C/[C@H](C)C/C=C/C(=N\OCC(=O)N2CCCCC2)Cc2c(Cl)c(OCP(=O)(O)O)cc(OCP(=O)(O)O)c2C(=O)O1. The number of hydrogen-bond donors (Lipinski definition) is 4. The summed E-state index contributed by atoms with van der Waals surface area (Å²) in [5.41, 5.74) is -0.136. The predicted molar refractivity (Wildman–Crippen MR) is 166 cm³/mol. The zero-order valence-corrected chi connectivity index (χ0v) is 27.6. The van der Waals surface area contributed by atoms with Gasteiger partial charge < -0.3 is 43.5 Å². The molecule has 2 aliphatic heterocycles. The molecule has 0 saturated carbocycles. The molecule has 14 nitrogen and oxygen atoms in total. The van der Waals surface area contributed by atoms with E-state index in [9.17, 15) is 38.3 Å². The van der Waals surface area contributed by atoms with Gasteiger partial charge in [-0.3, -0.25) is 13.9 Å². The van der Waals surface area contributed by atoms with Gasteiger partial charge in [0.15, 0.2) is 19.3 Å². The van der Waals surface area contributed by atoms with Crippen LogP contribution in [-0.2, 0) is 29.9 Å². The molecule has 250 valence electrons. The first kappa shape index (κ1) is 36.8. The summed E-state index contributed by atoms with van der Waals surface area (Å²) in [5, 5.41) is 3.89. The van der Waals surface area contributed by atoms with Crippen LogP contribution >= 0.6 is 26.8 Å². The lowest BCUT2D eigenvalue weighted by Crippen LogP contribution is -2.37. The topological polar surface area (TPSA) is 202 Å². The first-order chi connectivity index (χ1) is 21.1. The highest BCUT2D eigenvalue weighted by Gasteiger charge is 2.30. The Morgan fingerprint density at radius 3 is 2.31 bits per heavy atom. The Balaban J connectivity index is 2.11. The van der Waals surface area contributed by atoms with Gasteiger partial charge in [-0.2, -0.15) is 0 Å². The molecule has 0 aliphatic carbocycles. The number of amides is 1. The molecule has 0 aromatic heterocycles. The summed E-state index contributed by atoms with van der Waals surface area (Å²) in [6.07, 6.45) is 8.00. The van der Waals surface area contributed by atoms with Crippen LogP contribution in [0.5, 0.6) is 11.5 Å². The average molecular weight is 693 g/mol. The summed E-state index contributed by atoms with van der Waals surface area (Å²) in [4.78, 5) is 71.0. The van der Waals surface area contributed by atoms with Crippen molar-refractivity contribution >= 4 is 44.4 Å². The number of carbonyl (C=O) groups is 2. The predicted octanol–water partition coefficient (Wildman–Crippen LogP) is 4.38. The van der Waals surface area contributed by atoms with Gasteiger partial charge in [-0.25, -0.2) is 4.79 Å². The summed E-state index contributed by atoms with van der Waals surface area (Å²) < 4.78 is 39.5. The number of oxime groups is 1. The van der Waals surface area contributed by atoms with Crippen molar-refractivity contribution in [2.24, 2.45) is 11.1 Å². The minimum absolute atomic E-state index is 0.0344. The third-order valence-corrected chi connectivity index (χ3v) is 8.11. The van der Waals surface area contributed by atoms with Crippen LogP contribution in [0.2, 0.25) is 5.02 Å². The maximum Gasteiger partial charge on any atom is 0.362 e. The van der Waals surface area contributed by atoms with Crippen LogP contribution in [-0.4, -0.2) is 80.6 Å². The molecule has 0 spiro atoms. The minimum Gasteiger partial charge on any atom is -0.480 e. The van der Waals surface area contributed by atoms with Gasteiger partial charge in [-0.05, 0) is 50.2 Å². The molecule has 2 atom stereocenters. The Morgan fingerprint density at radius 1 is 1.02 bits per heavy atom. The highest BCUT2D eigenvalue weighted by molar-refractivity contribution is 7.51. The van der Waals surface area contributed by atoms with Crippen LogP contribution in [0.4, 0.5) is 0 Å². The van der Waals surface area contributed by atoms with Crippen molar-refractivity contribution in [3.05, 3.63) is 46.5 Å². The molecule has 1 aromatic carbocycles. The lowest BCUT2D eigenvalue weighted by atomic mass is 9.98. The number of allylic oxidation sites excluding steroid dienone is 3. The van der Waals surface area contributed by atoms with Gasteiger partial charge in [0.2, 0.25) is 0 Å². The zero-order chi connectivity index (χ0) is 33.2. The summed E-state index contributed by atoms with van der Waals surface area (Å²) in [6, 6.07) is 1.00. The summed E-state index contributed by atoms with van der Waals surface area (Å²) in [7, 11) is -9.45. The number of carbonyl (C=O) groups excluding carboxylic acids is 2. The minimum atomic E-state index is -4.75. The van der Waals surface area contributed by atoms with Gasteiger partial charge in [0.1, 0.15) is 23.2 Å². The second kappa shape index (κ2) is 16.7. The highest BCUT2D eigenvalue weighted by Crippen LogP contribution is 2.43. The van der Waals surface area contributed by atoms with Gasteiger partial charge >= 0.3 is 21.2 Å². The normalized spacial score (nSPS) is 22.5. The van der Waals surface area contributed by atoms with Crippen LogP contribution in [0.25, 0.3) is 0 Å². The number of esters is 1. The van der Waals surface area contributed by atoms with E-state index in [1.54, 1.807) is 17.9 Å². The fraction of sp³-hybridized carbons (Fsp3) is 0.536. The van der Waals surface area contributed by atoms with E-state index in [-0.39, 0.29) is 52.5 Å². The first-order valence-electron chi connectivity index (χ1n) is 14.3. The van der Waals surface area contributed by atoms with Crippen LogP contribution in [0.15, 0.2) is 35.5 Å². The molecule has 17 heteroatoms. The zero-order valence-electron chi connectivity index (χ0n) is 25.0. The lowest BCUT2D eigenvalue weighted by Gasteiger charge is -2.26. The molecule has 4 N–H and O–H groups in total. The van der Waals surface area contributed by atoms with Gasteiger partial charge in [0, 0.05) is 32.0 Å². The molecule has 1 amide bonds. The fourth-order valence-electron chi connectivity index (χ4n) is 4.58. The van der Waals surface area contributed by atoms with E-state index in [4.69, 9.17) is 30.6 Å². The Morgan fingerprint density at radius 2 is 1.67 bits per heavy atom. The number of halogens is 1. The van der Waals surface area contributed by atoms with Crippen LogP contribution in [0.1, 0.15) is 61.9 Å². The molecule has 2 heterocycles. The van der Waals surface area contributed by atoms with Gasteiger partial charge in [-0.15, -0.1) is 0 Å². The van der Waals surface area contributed by atoms with Crippen LogP contribution in [0.3, 0.4) is 0 Å². The van der Waals surface area contributed by atoms with Crippen molar-refractivity contribution in [1.82, 2.24) is 4.90 Å². The van der Waals surface area contributed by atoms with Crippen LogP contribution in [0, 0.1) is 5.92 Å². The number of benzene rings is 1. The number of likely N-dealkylation sites (tertiary alicyclic amines) is 1. The number of piperidine rings is 1. The fourth-order valence-corrected chi connectivity index (χ4v) is 5.46. The van der Waals surface area contributed by atoms with Crippen molar-refractivity contribution in [2.45, 2.75) is 58.5 Å². The molecule has 0 unspecified atom stereocenters. The Bertz CT molecular complexity index is 1400. The maximum atomic E-state index is 13.6. The van der Waals surface area contributed by atoms with E-state index in [1.165, 1.54) is 0 Å². The second-order valence-electron chi connectivity index (χ2n) is 10.9. The standard InChI is InChI=1S/C28H39ClN2O12P2/c1-19-8-6-10-20(2)43-28(33)26-22(14-21(11-7-9-19)30-42-16-25(32)31-12-4-3-5-13-31)27(29)24(41-18-45(37,38)39)15-23(26)40-17-44(34,35)36/h6-8,11,15,19-20H,3-5,9-10,12-14,16-18H2,1-2H3,(H2,34,35,36)(H2,37,38,39)/b8-6+,11-7+,30-21+/t19-,20+/m0/s1. The number of cyclic esters (lactones) is 1. The van der Waals surface area contributed by atoms with E-state index >= 15 is 0 Å². The Kier molecular flexibility index (Phi) is 13.7. The monoisotopic (exact) mass is 692 g/mol. The van der Waals surface area contributed by atoms with Gasteiger partial charge in [0.25, 0.3) is 5.91 Å². The van der Waals surface area contributed by atoms with Crippen molar-refractivity contribution in [3.63, 3.8) is 0 Å². The van der Waals surface area contributed by atoms with Crippen molar-refractivity contribution < 1.29 is 57.3 Å². The number of rotatable bonds is 9. The van der Waals surface area contributed by atoms with E-state index in [0.717, 1.165) is 25.3 Å². The number of hydrogen-bond acceptors (Lipinski definition) is 9. The third kappa shape index (κ3) is 12.5. The van der Waals surface area contributed by atoms with Crippen LogP contribution < -0.4 is 9.47 Å². The molecule has 45 heavy (non-hydrogen) atoms. The largest absolute Gasteiger partial charge is 0.480 e. The van der Waals surface area contributed by atoms with Crippen molar-refractivity contribution in [2.75, 3.05) is 32.4 Å². The molecule has 1 aromatic rings. The smallest absolute Gasteiger partial charge is 0.362 e. The van der Waals surface area contributed by atoms with Gasteiger partial charge in [-0.1, -0.05) is 41.9 Å². The number of ether oxygens (including phenoxy) is 3. The highest BCUT2D eigenvalue weighted by atomic mass is 35.5. The molecule has 3 rings (SSSR count). The van der Waals surface area contributed by atoms with Crippen molar-refractivity contribution in [3.8, 4) is 11.5 Å². The Labute approximate surface area is 266 Å². The molecule has 2 aliphatic rings. The molecule has 1 fully saturated rings. The summed E-state index contributed by atoms with van der Waals surface area (Å²) >= 11 is 6.66. The maximum absolute atomic E-state index is 13.6. The lowest BCUT2D eigenvalue weighted by molar-refractivity contribution is -0.137. The van der Waals surface area contributed by atoms with E-state index < -0.39 is 45.7 Å². The van der Waals surface area contributed by atoms with E-state index in [2.05, 4.69) is 5.16 Å². The van der Waals surface area contributed by atoms with Crippen molar-refractivity contribution in [1.29, 1.82) is 0 Å². The molecule has 1 saturated heterocycles. The van der Waals surface area contributed by atoms with E-state index in [0.29, 0.717) is 25.9 Å². The average Bonchev–Trinajstić information content (AvgIpc) is 2.95. The quantitative estimate of drug-likeness (QED) is 0.123. The summed E-state index contributed by atoms with van der Waals surface area (Å²) in [5.74, 6) is -1.80. The summed E-state index contributed by atoms with van der Waals surface area (Å²) in [6.45, 7) is 4.58. The molecule has 0 radical (unpaired) electrons. The third-order valence-electron chi connectivity index (χ3n) is 6.77. The van der Waals surface area contributed by atoms with E-state index in [1.807, 2.05) is 25.2 Å². The molecular weight excluding hydrogens is 654 g/mol. The number of nitrogens with zero attached hydrogens (tertiary/aromatic N) is 2. The van der Waals surface area contributed by atoms with Gasteiger partial charge in [0.05, 0.1) is 10.7 Å². The molecular formula is C28H39ClN2O12P2.